The number of nitrogens with one attached hydrogen (secondary N) is 2. The summed E-state index contributed by atoms with van der Waals surface area (Å²) >= 11 is 1.30. The third-order valence-electron chi connectivity index (χ3n) is 3.51. The molecule has 2 aromatic rings. The summed E-state index contributed by atoms with van der Waals surface area (Å²) in [6.45, 7) is 0.140. The summed E-state index contributed by atoms with van der Waals surface area (Å²) in [5, 5.41) is 7.67. The van der Waals surface area contributed by atoms with Gasteiger partial charge in [0.2, 0.25) is 11.8 Å². The Morgan fingerprint density at radius 1 is 1.30 bits per heavy atom. The Kier molecular flexibility index (Phi) is 4.66. The average Bonchev–Trinajstić information content (AvgIpc) is 3.29. The Morgan fingerprint density at radius 2 is 2.09 bits per heavy atom. The van der Waals surface area contributed by atoms with E-state index in [0.717, 1.165) is 12.8 Å². The second-order valence-corrected chi connectivity index (χ2v) is 6.31. The highest BCUT2D eigenvalue weighted by molar-refractivity contribution is 7.13. The number of benzene rings is 1. The van der Waals surface area contributed by atoms with Crippen LogP contribution in [0.25, 0.3) is 0 Å². The smallest absolute Gasteiger partial charge is 0.229 e. The van der Waals surface area contributed by atoms with Gasteiger partial charge in [-0.1, -0.05) is 18.2 Å². The van der Waals surface area contributed by atoms with Crippen LogP contribution in [0.15, 0.2) is 29.6 Å². The summed E-state index contributed by atoms with van der Waals surface area (Å²) in [7, 11) is 0. The molecule has 2 amide bonds. The Hall–Kier alpha value is -2.28. The maximum atomic E-state index is 13.5. The minimum atomic E-state index is -0.341. The first-order valence-electron chi connectivity index (χ1n) is 7.37. The molecule has 0 saturated heterocycles. The number of anilines is 1. The highest BCUT2D eigenvalue weighted by Gasteiger charge is 2.30. The van der Waals surface area contributed by atoms with Gasteiger partial charge in [0.05, 0.1) is 12.1 Å². The van der Waals surface area contributed by atoms with E-state index in [1.165, 1.54) is 17.4 Å². The van der Waals surface area contributed by atoms with Crippen molar-refractivity contribution in [1.82, 2.24) is 10.3 Å². The molecule has 23 heavy (non-hydrogen) atoms. The van der Waals surface area contributed by atoms with Crippen molar-refractivity contribution >= 4 is 28.3 Å². The Labute approximate surface area is 136 Å². The number of thiazole rings is 1. The number of aromatic nitrogens is 1. The fourth-order valence-electron chi connectivity index (χ4n) is 2.06. The molecule has 1 saturated carbocycles. The molecule has 1 fully saturated rings. The lowest BCUT2D eigenvalue weighted by Crippen LogP contribution is -2.25. The lowest BCUT2D eigenvalue weighted by molar-refractivity contribution is -0.120. The predicted molar refractivity (Wildman–Crippen MR) is 85.4 cm³/mol. The third-order valence-corrected chi connectivity index (χ3v) is 4.31. The molecule has 120 valence electrons. The van der Waals surface area contributed by atoms with E-state index in [1.807, 2.05) is 0 Å². The number of amides is 2. The van der Waals surface area contributed by atoms with Crippen molar-refractivity contribution in [3.05, 3.63) is 46.7 Å². The monoisotopic (exact) mass is 333 g/mol. The second-order valence-electron chi connectivity index (χ2n) is 5.45. The van der Waals surface area contributed by atoms with E-state index in [1.54, 1.807) is 23.6 Å². The van der Waals surface area contributed by atoms with Crippen molar-refractivity contribution in [1.29, 1.82) is 0 Å². The van der Waals surface area contributed by atoms with E-state index < -0.39 is 0 Å². The molecule has 3 rings (SSSR count). The number of halogens is 1. The molecule has 1 aromatic heterocycles. The fraction of sp³-hybridized carbons (Fsp3) is 0.312. The summed E-state index contributed by atoms with van der Waals surface area (Å²) in [5.74, 6) is -0.466. The summed E-state index contributed by atoms with van der Waals surface area (Å²) in [5.41, 5.74) is 1.03. The molecule has 0 unspecified atom stereocenters. The predicted octanol–water partition coefficient (Wildman–Crippen LogP) is 2.49. The van der Waals surface area contributed by atoms with Crippen molar-refractivity contribution in [2.24, 2.45) is 5.92 Å². The van der Waals surface area contributed by atoms with E-state index >= 15 is 0 Å². The first-order chi connectivity index (χ1) is 11.1. The molecular weight excluding hydrogens is 317 g/mol. The SMILES string of the molecule is O=C(Cc1csc(NC(=O)C2CC2)n1)NCc1ccccc1F. The van der Waals surface area contributed by atoms with E-state index in [0.29, 0.717) is 16.4 Å². The van der Waals surface area contributed by atoms with Crippen molar-refractivity contribution < 1.29 is 14.0 Å². The lowest BCUT2D eigenvalue weighted by atomic mass is 10.2. The van der Waals surface area contributed by atoms with Gasteiger partial charge in [0.25, 0.3) is 0 Å². The summed E-state index contributed by atoms with van der Waals surface area (Å²) < 4.78 is 13.5. The normalized spacial score (nSPS) is 13.6. The molecular formula is C16H16FN3O2S. The van der Waals surface area contributed by atoms with Gasteiger partial charge in [-0.05, 0) is 18.9 Å². The van der Waals surface area contributed by atoms with E-state index in [-0.39, 0.29) is 36.5 Å². The highest BCUT2D eigenvalue weighted by atomic mass is 32.1. The van der Waals surface area contributed by atoms with Crippen LogP contribution in [0.3, 0.4) is 0 Å². The third kappa shape index (κ3) is 4.35. The molecule has 5 nitrogen and oxygen atoms in total. The van der Waals surface area contributed by atoms with Gasteiger partial charge < -0.3 is 10.6 Å². The maximum absolute atomic E-state index is 13.5. The molecule has 0 bridgehead atoms. The molecule has 7 heteroatoms. The molecule has 1 aromatic carbocycles. The van der Waals surface area contributed by atoms with Crippen LogP contribution in [0.2, 0.25) is 0 Å². The summed E-state index contributed by atoms with van der Waals surface area (Å²) in [6, 6.07) is 6.31. The standard InChI is InChI=1S/C16H16FN3O2S/c17-13-4-2-1-3-11(13)8-18-14(21)7-12-9-23-16(19-12)20-15(22)10-5-6-10/h1-4,9-10H,5-8H2,(H,18,21)(H,19,20,22). The number of nitrogens with zero attached hydrogens (tertiary/aromatic N) is 1. The zero-order chi connectivity index (χ0) is 16.2. The Bertz CT molecular complexity index is 728. The Morgan fingerprint density at radius 3 is 2.83 bits per heavy atom. The fourth-order valence-corrected chi connectivity index (χ4v) is 2.77. The highest BCUT2D eigenvalue weighted by Crippen LogP contribution is 2.30. The molecule has 0 radical (unpaired) electrons. The lowest BCUT2D eigenvalue weighted by Gasteiger charge is -2.05. The topological polar surface area (TPSA) is 71.1 Å². The van der Waals surface area contributed by atoms with Crippen molar-refractivity contribution in [2.75, 3.05) is 5.32 Å². The van der Waals surface area contributed by atoms with Crippen molar-refractivity contribution in [3.63, 3.8) is 0 Å². The summed E-state index contributed by atoms with van der Waals surface area (Å²) in [6.07, 6.45) is 1.97. The molecule has 1 aliphatic carbocycles. The van der Waals surface area contributed by atoms with Crippen molar-refractivity contribution in [3.8, 4) is 0 Å². The second kappa shape index (κ2) is 6.87. The van der Waals surface area contributed by atoms with Gasteiger partial charge in [-0.25, -0.2) is 9.37 Å². The first-order valence-corrected chi connectivity index (χ1v) is 8.25. The van der Waals surface area contributed by atoms with Gasteiger partial charge in [0.15, 0.2) is 5.13 Å². The molecule has 0 atom stereocenters. The van der Waals surface area contributed by atoms with Gasteiger partial charge in [0, 0.05) is 23.4 Å². The first kappa shape index (κ1) is 15.6. The van der Waals surface area contributed by atoms with Gasteiger partial charge in [-0.3, -0.25) is 9.59 Å². The van der Waals surface area contributed by atoms with Crippen molar-refractivity contribution in [2.45, 2.75) is 25.8 Å². The van der Waals surface area contributed by atoms with Crippen LogP contribution in [0, 0.1) is 11.7 Å². The van der Waals surface area contributed by atoms with Crippen LogP contribution in [0.5, 0.6) is 0 Å². The molecule has 0 spiro atoms. The van der Waals surface area contributed by atoms with E-state index in [4.69, 9.17) is 0 Å². The number of carbonyl (C=O) groups is 2. The minimum absolute atomic E-state index is 0.00472. The zero-order valence-corrected chi connectivity index (χ0v) is 13.2. The number of hydrogen-bond donors (Lipinski definition) is 2. The van der Waals surface area contributed by atoms with Crippen LogP contribution < -0.4 is 10.6 Å². The zero-order valence-electron chi connectivity index (χ0n) is 12.3. The largest absolute Gasteiger partial charge is 0.352 e. The van der Waals surface area contributed by atoms with Crippen LogP contribution in [-0.4, -0.2) is 16.8 Å². The van der Waals surface area contributed by atoms with Gasteiger partial charge >= 0.3 is 0 Å². The van der Waals surface area contributed by atoms with Gasteiger partial charge in [-0.15, -0.1) is 11.3 Å². The molecule has 2 N–H and O–H groups in total. The Balaban J connectivity index is 1.49. The quantitative estimate of drug-likeness (QED) is 0.853. The average molecular weight is 333 g/mol. The maximum Gasteiger partial charge on any atom is 0.229 e. The molecule has 1 heterocycles. The van der Waals surface area contributed by atoms with Crippen LogP contribution in [-0.2, 0) is 22.6 Å². The molecule has 0 aliphatic heterocycles. The summed E-state index contributed by atoms with van der Waals surface area (Å²) in [4.78, 5) is 27.8. The number of rotatable bonds is 6. The van der Waals surface area contributed by atoms with Gasteiger partial charge in [-0.2, -0.15) is 0 Å². The minimum Gasteiger partial charge on any atom is -0.352 e. The van der Waals surface area contributed by atoms with E-state index in [2.05, 4.69) is 15.6 Å². The van der Waals surface area contributed by atoms with Crippen LogP contribution in [0.4, 0.5) is 9.52 Å². The van der Waals surface area contributed by atoms with E-state index in [9.17, 15) is 14.0 Å². The number of hydrogen-bond acceptors (Lipinski definition) is 4. The van der Waals surface area contributed by atoms with Crippen LogP contribution in [0.1, 0.15) is 24.1 Å². The van der Waals surface area contributed by atoms with Gasteiger partial charge in [0.1, 0.15) is 5.82 Å². The van der Waals surface area contributed by atoms with Crippen LogP contribution >= 0.6 is 11.3 Å². The molecule has 1 aliphatic rings. The number of carbonyl (C=O) groups excluding carboxylic acids is 2.